The predicted octanol–water partition coefficient (Wildman–Crippen LogP) is 0.437. The van der Waals surface area contributed by atoms with Gasteiger partial charge in [0.2, 0.25) is 0 Å². The summed E-state index contributed by atoms with van der Waals surface area (Å²) in [5.41, 5.74) is 0. The number of carbonyl (C=O) groups is 2. The Morgan fingerprint density at radius 3 is 1.58 bits per heavy atom. The monoisotopic (exact) mass is 192 g/mol. The number of aliphatic hydroxyl groups is 1. The van der Waals surface area contributed by atoms with Crippen LogP contribution in [0.15, 0.2) is 0 Å². The van der Waals surface area contributed by atoms with Crippen LogP contribution in [0, 0.1) is 5.92 Å². The second-order valence-corrected chi connectivity index (χ2v) is 2.65. The molecule has 0 atom stereocenters. The molecule has 0 saturated heterocycles. The molecule has 0 saturated carbocycles. The molecule has 0 rings (SSSR count). The van der Waals surface area contributed by atoms with Gasteiger partial charge in [-0.1, -0.05) is 0 Å². The molecule has 0 aromatic heterocycles. The van der Waals surface area contributed by atoms with Gasteiger partial charge in [0.25, 0.3) is 0 Å². The summed E-state index contributed by atoms with van der Waals surface area (Å²) < 4.78 is 0. The third kappa shape index (κ3) is 4.62. The Hall–Kier alpha value is -1.17. The molecule has 5 nitrogen and oxygen atoms in total. The van der Waals surface area contributed by atoms with E-state index < -0.39 is 35.7 Å². The Labute approximate surface area is 73.6 Å². The number of rotatable bonds is 5. The van der Waals surface area contributed by atoms with Gasteiger partial charge in [-0.2, -0.15) is 0 Å². The van der Waals surface area contributed by atoms with E-state index >= 15 is 0 Å². The molecule has 0 unspecified atom stereocenters. The highest BCUT2D eigenvalue weighted by atomic mass is 32.1. The van der Waals surface area contributed by atoms with E-state index in [4.69, 9.17) is 15.3 Å². The highest BCUT2D eigenvalue weighted by Crippen LogP contribution is 2.09. The lowest BCUT2D eigenvalue weighted by Gasteiger charge is -2.07. The number of hydrogen-bond donors (Lipinski definition) is 3. The second-order valence-electron chi connectivity index (χ2n) is 2.23. The highest BCUT2D eigenvalue weighted by molar-refractivity contribution is 7.80. The van der Waals surface area contributed by atoms with E-state index in [1.165, 1.54) is 0 Å². The number of thiocarbonyl (C=S) groups is 1. The molecule has 0 aliphatic heterocycles. The fourth-order valence-corrected chi connectivity index (χ4v) is 0.835. The van der Waals surface area contributed by atoms with E-state index in [2.05, 4.69) is 12.2 Å². The van der Waals surface area contributed by atoms with E-state index in [0.29, 0.717) is 0 Å². The average molecular weight is 192 g/mol. The molecule has 3 N–H and O–H groups in total. The van der Waals surface area contributed by atoms with Crippen molar-refractivity contribution < 1.29 is 24.9 Å². The van der Waals surface area contributed by atoms with Gasteiger partial charge in [-0.15, -0.1) is 0 Å². The number of carboxylic acids is 2. The molecule has 6 heteroatoms. The summed E-state index contributed by atoms with van der Waals surface area (Å²) in [6.07, 6.45) is -0.913. The lowest BCUT2D eigenvalue weighted by atomic mass is 10.0. The van der Waals surface area contributed by atoms with Gasteiger partial charge in [0, 0.05) is 5.92 Å². The van der Waals surface area contributed by atoms with Crippen molar-refractivity contribution in [3.8, 4) is 0 Å². The van der Waals surface area contributed by atoms with Gasteiger partial charge >= 0.3 is 11.9 Å². The summed E-state index contributed by atoms with van der Waals surface area (Å²) in [5.74, 6) is -3.34. The summed E-state index contributed by atoms with van der Waals surface area (Å²) in [6, 6.07) is 0. The zero-order valence-corrected chi connectivity index (χ0v) is 6.87. The molecule has 0 bridgehead atoms. The van der Waals surface area contributed by atoms with Crippen LogP contribution in [-0.2, 0) is 9.59 Å². The summed E-state index contributed by atoms with van der Waals surface area (Å²) in [6.45, 7) is 0. The number of aliphatic carboxylic acids is 2. The zero-order chi connectivity index (χ0) is 9.72. The maximum atomic E-state index is 10.1. The van der Waals surface area contributed by atoms with Gasteiger partial charge in [-0.25, -0.2) is 0 Å². The van der Waals surface area contributed by atoms with Crippen LogP contribution in [0.2, 0.25) is 0 Å². The lowest BCUT2D eigenvalue weighted by molar-refractivity contribution is -0.139. The number of aliphatic hydroxyl groups excluding tert-OH is 1. The van der Waals surface area contributed by atoms with Crippen molar-refractivity contribution in [2.45, 2.75) is 12.8 Å². The molecule has 0 aromatic carbocycles. The van der Waals surface area contributed by atoms with Crippen LogP contribution >= 0.6 is 12.2 Å². The van der Waals surface area contributed by atoms with Crippen molar-refractivity contribution in [1.29, 1.82) is 0 Å². The molecule has 12 heavy (non-hydrogen) atoms. The Kier molecular flexibility index (Phi) is 4.20. The first-order valence-electron chi connectivity index (χ1n) is 3.10. The van der Waals surface area contributed by atoms with Crippen molar-refractivity contribution in [1.82, 2.24) is 0 Å². The minimum absolute atomic E-state index is 0.457. The Morgan fingerprint density at radius 2 is 1.42 bits per heavy atom. The van der Waals surface area contributed by atoms with E-state index in [9.17, 15) is 9.59 Å². The van der Waals surface area contributed by atoms with Gasteiger partial charge < -0.3 is 15.3 Å². The quantitative estimate of drug-likeness (QED) is 0.547. The van der Waals surface area contributed by atoms with Gasteiger partial charge in [-0.05, 0) is 12.2 Å². The lowest BCUT2D eigenvalue weighted by Crippen LogP contribution is -2.19. The Morgan fingerprint density at radius 1 is 1.08 bits per heavy atom. The normalized spacial score (nSPS) is 9.75. The first kappa shape index (κ1) is 10.8. The molecule has 68 valence electrons. The largest absolute Gasteiger partial charge is 0.502 e. The minimum atomic E-state index is -1.18. The van der Waals surface area contributed by atoms with Crippen LogP contribution in [0.1, 0.15) is 12.8 Å². The van der Waals surface area contributed by atoms with E-state index in [-0.39, 0.29) is 0 Å². The Balaban J connectivity index is 4.14. The van der Waals surface area contributed by atoms with E-state index in [0.717, 1.165) is 0 Å². The van der Waals surface area contributed by atoms with Crippen molar-refractivity contribution in [2.75, 3.05) is 0 Å². The second kappa shape index (κ2) is 4.66. The predicted molar refractivity (Wildman–Crippen MR) is 43.2 cm³/mol. The first-order valence-corrected chi connectivity index (χ1v) is 3.50. The van der Waals surface area contributed by atoms with Crippen LogP contribution in [-0.4, -0.2) is 32.3 Å². The molecule has 0 aromatic rings. The van der Waals surface area contributed by atoms with Crippen LogP contribution in [0.4, 0.5) is 0 Å². The summed E-state index contributed by atoms with van der Waals surface area (Å²) in [4.78, 5) is 20.3. The molecule has 0 spiro atoms. The van der Waals surface area contributed by atoms with Gasteiger partial charge in [0.05, 0.1) is 12.8 Å². The van der Waals surface area contributed by atoms with Crippen molar-refractivity contribution in [2.24, 2.45) is 5.92 Å². The fraction of sp³-hybridized carbons (Fsp3) is 0.500. The first-order chi connectivity index (χ1) is 5.43. The molecular formula is C6H8O5S. The van der Waals surface area contributed by atoms with Crippen LogP contribution < -0.4 is 0 Å². The SMILES string of the molecule is O=C(O)CC(CC(=O)O)C(O)=S. The molecule has 0 amide bonds. The summed E-state index contributed by atoms with van der Waals surface area (Å²) in [7, 11) is 0. The highest BCUT2D eigenvalue weighted by Gasteiger charge is 2.20. The van der Waals surface area contributed by atoms with Gasteiger partial charge in [0.1, 0.15) is 0 Å². The van der Waals surface area contributed by atoms with Crippen LogP contribution in [0.25, 0.3) is 0 Å². The molecule has 0 radical (unpaired) electrons. The van der Waals surface area contributed by atoms with Crippen LogP contribution in [0.5, 0.6) is 0 Å². The fourth-order valence-electron chi connectivity index (χ4n) is 0.668. The molecule has 0 aliphatic carbocycles. The average Bonchev–Trinajstić information content (AvgIpc) is 1.83. The van der Waals surface area contributed by atoms with Crippen molar-refractivity contribution in [3.05, 3.63) is 0 Å². The van der Waals surface area contributed by atoms with Crippen LogP contribution in [0.3, 0.4) is 0 Å². The number of carboxylic acid groups (broad SMARTS) is 2. The van der Waals surface area contributed by atoms with Crippen molar-refractivity contribution in [3.63, 3.8) is 0 Å². The molecular weight excluding hydrogens is 184 g/mol. The molecule has 0 aliphatic rings. The van der Waals surface area contributed by atoms with Crippen molar-refractivity contribution >= 4 is 29.2 Å². The number of hydrogen-bond acceptors (Lipinski definition) is 3. The molecule has 0 heterocycles. The van der Waals surface area contributed by atoms with E-state index in [1.54, 1.807) is 0 Å². The smallest absolute Gasteiger partial charge is 0.304 e. The third-order valence-corrected chi connectivity index (χ3v) is 1.52. The van der Waals surface area contributed by atoms with Gasteiger partial charge in [-0.3, -0.25) is 9.59 Å². The maximum absolute atomic E-state index is 10.1. The standard InChI is InChI=1S/C6H8O5S/c7-4(8)1-3(6(11)12)2-5(9)10/h3H,1-2H2,(H,7,8)(H,9,10)(H,11,12). The third-order valence-electron chi connectivity index (χ3n) is 1.19. The van der Waals surface area contributed by atoms with E-state index in [1.807, 2.05) is 0 Å². The maximum Gasteiger partial charge on any atom is 0.304 e. The Bertz CT molecular complexity index is 196. The van der Waals surface area contributed by atoms with Gasteiger partial charge in [0.15, 0.2) is 5.05 Å². The summed E-state index contributed by atoms with van der Waals surface area (Å²) >= 11 is 4.28. The topological polar surface area (TPSA) is 94.8 Å². The minimum Gasteiger partial charge on any atom is -0.502 e. The zero-order valence-electron chi connectivity index (χ0n) is 6.06. The molecule has 0 fully saturated rings. The summed E-state index contributed by atoms with van der Waals surface area (Å²) in [5, 5.41) is 24.7.